The zero-order valence-corrected chi connectivity index (χ0v) is 14.7. The van der Waals surface area contributed by atoms with Gasteiger partial charge in [0.1, 0.15) is 0 Å². The Balaban J connectivity index is 1.79. The molecule has 1 aromatic carbocycles. The van der Waals surface area contributed by atoms with Crippen LogP contribution in [0.25, 0.3) is 10.9 Å². The third-order valence-electron chi connectivity index (χ3n) is 4.62. The maximum Gasteiger partial charge on any atom is 0.328 e. The van der Waals surface area contributed by atoms with E-state index in [1.165, 1.54) is 4.57 Å². The second-order valence-electron chi connectivity index (χ2n) is 6.14. The van der Waals surface area contributed by atoms with Crippen molar-refractivity contribution in [2.45, 2.75) is 25.9 Å². The first-order valence-electron chi connectivity index (χ1n) is 8.36. The van der Waals surface area contributed by atoms with Crippen LogP contribution in [0.3, 0.4) is 0 Å². The molecule has 134 valence electrons. The van der Waals surface area contributed by atoms with Gasteiger partial charge < -0.3 is 4.90 Å². The van der Waals surface area contributed by atoms with Crippen molar-refractivity contribution in [3.63, 3.8) is 0 Å². The third-order valence-corrected chi connectivity index (χ3v) is 4.62. The van der Waals surface area contributed by atoms with Crippen molar-refractivity contribution in [2.24, 2.45) is 0 Å². The first-order chi connectivity index (χ1) is 12.5. The summed E-state index contributed by atoms with van der Waals surface area (Å²) < 4.78 is 1.43. The Hall–Kier alpha value is -3.22. The number of H-pyrrole nitrogens is 1. The summed E-state index contributed by atoms with van der Waals surface area (Å²) in [5.74, 6) is -0.0866. The molecule has 0 bridgehead atoms. The summed E-state index contributed by atoms with van der Waals surface area (Å²) in [5.41, 5.74) is 0.587. The molecule has 0 aliphatic heterocycles. The number of amides is 1. The van der Waals surface area contributed by atoms with Crippen molar-refractivity contribution in [3.05, 3.63) is 75.2 Å². The van der Waals surface area contributed by atoms with Crippen LogP contribution in [0.4, 0.5) is 0 Å². The number of aromatic amines is 1. The smallest absolute Gasteiger partial charge is 0.328 e. The molecule has 2 heterocycles. The summed E-state index contributed by atoms with van der Waals surface area (Å²) in [6, 6.07) is 10.5. The molecule has 0 saturated heterocycles. The van der Waals surface area contributed by atoms with Crippen molar-refractivity contribution in [3.8, 4) is 0 Å². The van der Waals surface area contributed by atoms with Crippen LogP contribution >= 0.6 is 0 Å². The van der Waals surface area contributed by atoms with Crippen LogP contribution in [-0.4, -0.2) is 32.4 Å². The van der Waals surface area contributed by atoms with Gasteiger partial charge in [-0.25, -0.2) is 4.79 Å². The zero-order chi connectivity index (χ0) is 18.7. The average molecular weight is 352 g/mol. The molecule has 0 fully saturated rings. The molecular weight excluding hydrogens is 332 g/mol. The van der Waals surface area contributed by atoms with Crippen molar-refractivity contribution >= 4 is 16.8 Å². The Morgan fingerprint density at radius 3 is 2.62 bits per heavy atom. The molecule has 3 rings (SSSR count). The van der Waals surface area contributed by atoms with Gasteiger partial charge in [-0.1, -0.05) is 12.1 Å². The zero-order valence-electron chi connectivity index (χ0n) is 14.7. The number of pyridine rings is 1. The highest BCUT2D eigenvalue weighted by Gasteiger charge is 2.18. The number of carbonyl (C=O) groups is 1. The van der Waals surface area contributed by atoms with E-state index in [2.05, 4.69) is 9.97 Å². The highest BCUT2D eigenvalue weighted by molar-refractivity contribution is 5.79. The topological polar surface area (TPSA) is 88.1 Å². The quantitative estimate of drug-likeness (QED) is 0.757. The summed E-state index contributed by atoms with van der Waals surface area (Å²) in [6.45, 7) is 2.14. The molecule has 0 spiro atoms. The normalized spacial score (nSPS) is 12.1. The Kier molecular flexibility index (Phi) is 4.97. The monoisotopic (exact) mass is 352 g/mol. The molecule has 2 aromatic heterocycles. The number of nitrogens with one attached hydrogen (secondary N) is 1. The molecule has 26 heavy (non-hydrogen) atoms. The van der Waals surface area contributed by atoms with Crippen molar-refractivity contribution in [1.82, 2.24) is 19.4 Å². The van der Waals surface area contributed by atoms with Crippen LogP contribution in [0.2, 0.25) is 0 Å². The number of nitrogens with zero attached hydrogens (tertiary/aromatic N) is 3. The number of carbonyl (C=O) groups excluding carboxylic acids is 1. The van der Waals surface area contributed by atoms with Gasteiger partial charge in [0, 0.05) is 32.4 Å². The molecule has 1 atom stereocenters. The Bertz CT molecular complexity index is 1040. The standard InChI is InChI=1S/C19H20N4O3/c1-13(14-7-10-20-11-8-14)22(2)17(24)9-12-23-16-6-4-3-5-15(16)18(25)21-19(23)26/h3-8,10-11,13H,9,12H2,1-2H3,(H,21,25,26). The first kappa shape index (κ1) is 17.6. The number of fused-ring (bicyclic) bond motifs is 1. The summed E-state index contributed by atoms with van der Waals surface area (Å²) in [6.07, 6.45) is 3.54. The van der Waals surface area contributed by atoms with Crippen molar-refractivity contribution < 1.29 is 4.79 Å². The van der Waals surface area contributed by atoms with Crippen LogP contribution in [0, 0.1) is 0 Å². The van der Waals surface area contributed by atoms with Crippen LogP contribution in [-0.2, 0) is 11.3 Å². The average Bonchev–Trinajstić information content (AvgIpc) is 2.67. The molecule has 0 radical (unpaired) electrons. The summed E-state index contributed by atoms with van der Waals surface area (Å²) in [7, 11) is 1.74. The largest absolute Gasteiger partial charge is 0.339 e. The van der Waals surface area contributed by atoms with Crippen LogP contribution in [0.5, 0.6) is 0 Å². The summed E-state index contributed by atoms with van der Waals surface area (Å²) in [4.78, 5) is 44.6. The van der Waals surface area contributed by atoms with Gasteiger partial charge in [-0.2, -0.15) is 0 Å². The Labute approximate surface area is 149 Å². The minimum absolute atomic E-state index is 0.0866. The summed E-state index contributed by atoms with van der Waals surface area (Å²) >= 11 is 0. The van der Waals surface area contributed by atoms with Gasteiger partial charge in [-0.05, 0) is 36.8 Å². The van der Waals surface area contributed by atoms with Gasteiger partial charge in [-0.3, -0.25) is 24.1 Å². The lowest BCUT2D eigenvalue weighted by atomic mass is 10.1. The van der Waals surface area contributed by atoms with Crippen LogP contribution < -0.4 is 11.2 Å². The number of hydrogen-bond acceptors (Lipinski definition) is 4. The molecule has 3 aromatic rings. The van der Waals surface area contributed by atoms with Gasteiger partial charge in [0.05, 0.1) is 16.9 Å². The number of rotatable bonds is 5. The molecular formula is C19H20N4O3. The van der Waals surface area contributed by atoms with E-state index >= 15 is 0 Å². The SMILES string of the molecule is CC(c1ccncc1)N(C)C(=O)CCn1c(=O)[nH]c(=O)c2ccccc21. The fourth-order valence-electron chi connectivity index (χ4n) is 2.93. The van der Waals surface area contributed by atoms with Gasteiger partial charge in [-0.15, -0.1) is 0 Å². The molecule has 1 N–H and O–H groups in total. The fraction of sp³-hybridized carbons (Fsp3) is 0.263. The summed E-state index contributed by atoms with van der Waals surface area (Å²) in [5, 5.41) is 0.429. The van der Waals surface area contributed by atoms with Crippen molar-refractivity contribution in [2.75, 3.05) is 7.05 Å². The number of para-hydroxylation sites is 1. The Morgan fingerprint density at radius 2 is 1.88 bits per heavy atom. The van der Waals surface area contributed by atoms with Gasteiger partial charge in [0.2, 0.25) is 5.91 Å². The molecule has 0 saturated carbocycles. The molecule has 0 aliphatic rings. The minimum Gasteiger partial charge on any atom is -0.339 e. The van der Waals surface area contributed by atoms with Crippen LogP contribution in [0.1, 0.15) is 24.9 Å². The van der Waals surface area contributed by atoms with E-state index in [-0.39, 0.29) is 24.9 Å². The second-order valence-corrected chi connectivity index (χ2v) is 6.14. The van der Waals surface area contributed by atoms with Crippen LogP contribution in [0.15, 0.2) is 58.4 Å². The van der Waals surface area contributed by atoms with E-state index < -0.39 is 11.2 Å². The minimum atomic E-state index is -0.508. The number of aromatic nitrogens is 3. The number of aryl methyl sites for hydroxylation is 1. The lowest BCUT2D eigenvalue weighted by Crippen LogP contribution is -2.34. The number of benzene rings is 1. The van der Waals surface area contributed by atoms with E-state index in [4.69, 9.17) is 0 Å². The fourth-order valence-corrected chi connectivity index (χ4v) is 2.93. The maximum atomic E-state index is 12.6. The third kappa shape index (κ3) is 3.42. The second kappa shape index (κ2) is 7.35. The predicted molar refractivity (Wildman–Crippen MR) is 98.9 cm³/mol. The highest BCUT2D eigenvalue weighted by atomic mass is 16.2. The molecule has 7 heteroatoms. The van der Waals surface area contributed by atoms with E-state index in [0.717, 1.165) is 5.56 Å². The predicted octanol–water partition coefficient (Wildman–Crippen LogP) is 1.69. The Morgan fingerprint density at radius 1 is 1.19 bits per heavy atom. The number of hydrogen-bond donors (Lipinski definition) is 1. The van der Waals surface area contributed by atoms with E-state index in [0.29, 0.717) is 10.9 Å². The van der Waals surface area contributed by atoms with Gasteiger partial charge >= 0.3 is 5.69 Å². The van der Waals surface area contributed by atoms with Gasteiger partial charge in [0.25, 0.3) is 5.56 Å². The first-order valence-corrected chi connectivity index (χ1v) is 8.36. The molecule has 0 aliphatic carbocycles. The van der Waals surface area contributed by atoms with Crippen molar-refractivity contribution in [1.29, 1.82) is 0 Å². The molecule has 7 nitrogen and oxygen atoms in total. The molecule has 1 unspecified atom stereocenters. The lowest BCUT2D eigenvalue weighted by molar-refractivity contribution is -0.132. The molecule has 1 amide bonds. The van der Waals surface area contributed by atoms with E-state index in [9.17, 15) is 14.4 Å². The maximum absolute atomic E-state index is 12.6. The highest BCUT2D eigenvalue weighted by Crippen LogP contribution is 2.18. The van der Waals surface area contributed by atoms with Gasteiger partial charge in [0.15, 0.2) is 0 Å². The lowest BCUT2D eigenvalue weighted by Gasteiger charge is -2.25. The van der Waals surface area contributed by atoms with E-state index in [1.54, 1.807) is 48.6 Å². The van der Waals surface area contributed by atoms with E-state index in [1.807, 2.05) is 19.1 Å².